The van der Waals surface area contributed by atoms with E-state index in [9.17, 15) is 17.6 Å². The third kappa shape index (κ3) is 2.92. The first kappa shape index (κ1) is 12.0. The first-order valence-electron chi connectivity index (χ1n) is 4.38. The van der Waals surface area contributed by atoms with Gasteiger partial charge >= 0.3 is 0 Å². The molecule has 0 aromatic heterocycles. The van der Waals surface area contributed by atoms with Gasteiger partial charge in [0.05, 0.1) is 6.54 Å². The van der Waals surface area contributed by atoms with Crippen LogP contribution in [0.1, 0.15) is 11.1 Å². The minimum atomic E-state index is -3.21. The van der Waals surface area contributed by atoms with Gasteiger partial charge in [-0.15, -0.1) is 0 Å². The van der Waals surface area contributed by atoms with Crippen LogP contribution in [0.15, 0.2) is 12.1 Å². The van der Waals surface area contributed by atoms with Crippen LogP contribution >= 0.6 is 0 Å². The van der Waals surface area contributed by atoms with Gasteiger partial charge in [-0.25, -0.2) is 17.6 Å². The molecule has 0 amide bonds. The van der Waals surface area contributed by atoms with Gasteiger partial charge in [0.1, 0.15) is 11.6 Å². The summed E-state index contributed by atoms with van der Waals surface area (Å²) in [6.07, 6.45) is -0.882. The molecule has 0 fully saturated rings. The molecule has 1 aromatic carbocycles. The van der Waals surface area contributed by atoms with Crippen LogP contribution in [0.3, 0.4) is 0 Å². The molecule has 5 heteroatoms. The fourth-order valence-corrected chi connectivity index (χ4v) is 1.17. The van der Waals surface area contributed by atoms with Crippen LogP contribution in [-0.4, -0.2) is 12.5 Å². The highest BCUT2D eigenvalue weighted by molar-refractivity contribution is 5.26. The van der Waals surface area contributed by atoms with Crippen LogP contribution in [0.4, 0.5) is 17.6 Å². The number of rotatable bonds is 3. The summed E-state index contributed by atoms with van der Waals surface area (Å²) in [5.74, 6) is -4.73. The van der Waals surface area contributed by atoms with E-state index in [-0.39, 0.29) is 11.1 Å². The van der Waals surface area contributed by atoms with Crippen molar-refractivity contribution < 1.29 is 17.6 Å². The molecular formula is C10H11F4N. The minimum Gasteiger partial charge on any atom is -0.325 e. The zero-order chi connectivity index (χ0) is 11.6. The summed E-state index contributed by atoms with van der Waals surface area (Å²) in [4.78, 5) is 0. The van der Waals surface area contributed by atoms with Gasteiger partial charge in [-0.05, 0) is 30.2 Å². The van der Waals surface area contributed by atoms with Gasteiger partial charge in [0.15, 0.2) is 0 Å². The maximum atomic E-state index is 13.2. The van der Waals surface area contributed by atoms with Gasteiger partial charge in [-0.3, -0.25) is 0 Å². The van der Waals surface area contributed by atoms with Gasteiger partial charge in [0, 0.05) is 6.42 Å². The first-order valence-corrected chi connectivity index (χ1v) is 4.38. The van der Waals surface area contributed by atoms with Crippen LogP contribution in [0.2, 0.25) is 0 Å². The Balaban J connectivity index is 3.01. The van der Waals surface area contributed by atoms with Crippen molar-refractivity contribution in [3.8, 4) is 0 Å². The van der Waals surface area contributed by atoms with Crippen molar-refractivity contribution in [3.05, 3.63) is 34.9 Å². The minimum absolute atomic E-state index is 0.0901. The molecule has 84 valence electrons. The van der Waals surface area contributed by atoms with Crippen molar-refractivity contribution in [3.63, 3.8) is 0 Å². The maximum absolute atomic E-state index is 13.2. The molecule has 2 N–H and O–H groups in total. The van der Waals surface area contributed by atoms with Crippen molar-refractivity contribution >= 4 is 0 Å². The number of hydrogen-bond donors (Lipinski definition) is 1. The Morgan fingerprint density at radius 3 is 2.33 bits per heavy atom. The number of nitrogens with two attached hydrogens (primary N) is 1. The predicted molar refractivity (Wildman–Crippen MR) is 48.8 cm³/mol. The summed E-state index contributed by atoms with van der Waals surface area (Å²) in [6.45, 7) is 0.477. The molecule has 0 atom stereocenters. The van der Waals surface area contributed by atoms with E-state index in [1.165, 1.54) is 6.92 Å². The molecule has 0 aliphatic heterocycles. The van der Waals surface area contributed by atoms with Crippen molar-refractivity contribution in [2.45, 2.75) is 19.3 Å². The average Bonchev–Trinajstić information content (AvgIpc) is 2.14. The third-order valence-electron chi connectivity index (χ3n) is 2.08. The highest BCUT2D eigenvalue weighted by Crippen LogP contribution is 2.22. The molecule has 1 aromatic rings. The van der Waals surface area contributed by atoms with E-state index in [0.29, 0.717) is 0 Å². The second-order valence-electron chi connectivity index (χ2n) is 3.43. The molecule has 1 nitrogen and oxygen atoms in total. The lowest BCUT2D eigenvalue weighted by Crippen LogP contribution is -2.30. The van der Waals surface area contributed by atoms with Crippen LogP contribution < -0.4 is 5.73 Å². The quantitative estimate of drug-likeness (QED) is 0.779. The largest absolute Gasteiger partial charge is 0.325 e. The second-order valence-corrected chi connectivity index (χ2v) is 3.43. The summed E-state index contributed by atoms with van der Waals surface area (Å²) in [5.41, 5.74) is 4.54. The van der Waals surface area contributed by atoms with Crippen LogP contribution in [0.5, 0.6) is 0 Å². The highest BCUT2D eigenvalue weighted by Gasteiger charge is 2.28. The van der Waals surface area contributed by atoms with E-state index in [1.54, 1.807) is 0 Å². The number of alkyl halides is 2. The maximum Gasteiger partial charge on any atom is 0.264 e. The Kier molecular flexibility index (Phi) is 3.34. The lowest BCUT2D eigenvalue weighted by atomic mass is 10.0. The lowest BCUT2D eigenvalue weighted by molar-refractivity contribution is 0.0106. The molecule has 0 aliphatic rings. The van der Waals surface area contributed by atoms with E-state index < -0.39 is 30.5 Å². The number of aryl methyl sites for hydroxylation is 1. The Morgan fingerprint density at radius 2 is 1.80 bits per heavy atom. The second kappa shape index (κ2) is 4.18. The van der Waals surface area contributed by atoms with Crippen LogP contribution in [-0.2, 0) is 6.42 Å². The van der Waals surface area contributed by atoms with Gasteiger partial charge in [0.2, 0.25) is 0 Å². The SMILES string of the molecule is Cc1cc(F)c(CC(F)(F)CN)cc1F. The summed E-state index contributed by atoms with van der Waals surface area (Å²) < 4.78 is 51.8. The summed E-state index contributed by atoms with van der Waals surface area (Å²) in [5, 5.41) is 0. The smallest absolute Gasteiger partial charge is 0.264 e. The van der Waals surface area contributed by atoms with E-state index in [1.807, 2.05) is 0 Å². The van der Waals surface area contributed by atoms with Gasteiger partial charge in [-0.2, -0.15) is 0 Å². The Morgan fingerprint density at radius 1 is 1.20 bits per heavy atom. The standard InChI is InChI=1S/C10H11F4N/c1-6-2-9(12)7(3-8(6)11)4-10(13,14)5-15/h2-3H,4-5,15H2,1H3. The average molecular weight is 221 g/mol. The topological polar surface area (TPSA) is 26.0 Å². The monoisotopic (exact) mass is 221 g/mol. The summed E-state index contributed by atoms with van der Waals surface area (Å²) in [6, 6.07) is 1.69. The van der Waals surface area contributed by atoms with Crippen LogP contribution in [0.25, 0.3) is 0 Å². The molecule has 0 saturated heterocycles. The molecule has 0 aliphatic carbocycles. The molecule has 0 unspecified atom stereocenters. The third-order valence-corrected chi connectivity index (χ3v) is 2.08. The van der Waals surface area contributed by atoms with Crippen molar-refractivity contribution in [2.75, 3.05) is 6.54 Å². The lowest BCUT2D eigenvalue weighted by Gasteiger charge is -2.14. The van der Waals surface area contributed by atoms with Crippen molar-refractivity contribution in [1.82, 2.24) is 0 Å². The molecule has 0 bridgehead atoms. The van der Waals surface area contributed by atoms with Crippen LogP contribution in [0, 0.1) is 18.6 Å². The van der Waals surface area contributed by atoms with Gasteiger partial charge in [-0.1, -0.05) is 0 Å². The normalized spacial score (nSPS) is 11.9. The molecule has 0 saturated carbocycles. The summed E-state index contributed by atoms with van der Waals surface area (Å²) >= 11 is 0. The van der Waals surface area contributed by atoms with E-state index in [0.717, 1.165) is 12.1 Å². The molecule has 1 rings (SSSR count). The molecule has 0 heterocycles. The van der Waals surface area contributed by atoms with E-state index in [2.05, 4.69) is 0 Å². The molecule has 0 radical (unpaired) electrons. The molecule has 15 heavy (non-hydrogen) atoms. The van der Waals surface area contributed by atoms with Crippen molar-refractivity contribution in [2.24, 2.45) is 5.73 Å². The van der Waals surface area contributed by atoms with E-state index in [4.69, 9.17) is 5.73 Å². The Bertz CT molecular complexity index is 363. The fraction of sp³-hybridized carbons (Fsp3) is 0.400. The van der Waals surface area contributed by atoms with Gasteiger partial charge < -0.3 is 5.73 Å². The predicted octanol–water partition coefficient (Wildman–Crippen LogP) is 2.41. The highest BCUT2D eigenvalue weighted by atomic mass is 19.3. The summed E-state index contributed by atoms with van der Waals surface area (Å²) in [7, 11) is 0. The number of benzene rings is 1. The first-order chi connectivity index (χ1) is 6.85. The Hall–Kier alpha value is -1.10. The Labute approximate surface area is 84.9 Å². The molecule has 0 spiro atoms. The zero-order valence-corrected chi connectivity index (χ0v) is 8.16. The molecular weight excluding hydrogens is 210 g/mol. The number of hydrogen-bond acceptors (Lipinski definition) is 1. The van der Waals surface area contributed by atoms with Crippen molar-refractivity contribution in [1.29, 1.82) is 0 Å². The van der Waals surface area contributed by atoms with Gasteiger partial charge in [0.25, 0.3) is 5.92 Å². The fourth-order valence-electron chi connectivity index (χ4n) is 1.17. The number of halogens is 4. The zero-order valence-electron chi connectivity index (χ0n) is 8.16. The van der Waals surface area contributed by atoms with E-state index >= 15 is 0 Å².